The van der Waals surface area contributed by atoms with Gasteiger partial charge >= 0.3 is 5.97 Å². The van der Waals surface area contributed by atoms with Crippen molar-refractivity contribution in [3.63, 3.8) is 0 Å². The number of rotatable bonds is 5. The first-order valence-corrected chi connectivity index (χ1v) is 7.24. The predicted molar refractivity (Wildman–Crippen MR) is 84.4 cm³/mol. The van der Waals surface area contributed by atoms with Crippen LogP contribution >= 0.6 is 0 Å². The van der Waals surface area contributed by atoms with Crippen molar-refractivity contribution in [3.05, 3.63) is 35.9 Å². The van der Waals surface area contributed by atoms with E-state index in [0.29, 0.717) is 12.3 Å². The van der Waals surface area contributed by atoms with Crippen LogP contribution in [0.2, 0.25) is 0 Å². The first-order chi connectivity index (χ1) is 11.0. The van der Waals surface area contributed by atoms with E-state index in [2.05, 4.69) is 5.32 Å². The summed E-state index contributed by atoms with van der Waals surface area (Å²) in [6.45, 7) is 2.45. The lowest BCUT2D eigenvalue weighted by molar-refractivity contribution is -0.153. The van der Waals surface area contributed by atoms with Crippen molar-refractivity contribution in [1.82, 2.24) is 0 Å². The lowest BCUT2D eigenvalue weighted by atomic mass is 10.0. The molecule has 7 nitrogen and oxygen atoms in total. The number of anilines is 1. The number of benzene rings is 1. The molecule has 1 aliphatic heterocycles. The molecule has 1 fully saturated rings. The summed E-state index contributed by atoms with van der Waals surface area (Å²) in [6, 6.07) is 6.97. The third-order valence-electron chi connectivity index (χ3n) is 3.21. The van der Waals surface area contributed by atoms with Crippen molar-refractivity contribution < 1.29 is 23.8 Å². The minimum Gasteiger partial charge on any atom is -0.463 e. The first kappa shape index (κ1) is 17.1. The van der Waals surface area contributed by atoms with Gasteiger partial charge in [0.25, 0.3) is 0 Å². The fourth-order valence-corrected chi connectivity index (χ4v) is 1.97. The molecule has 1 amide bonds. The van der Waals surface area contributed by atoms with E-state index < -0.39 is 11.5 Å². The van der Waals surface area contributed by atoms with Gasteiger partial charge in [0.05, 0.1) is 19.8 Å². The van der Waals surface area contributed by atoms with Gasteiger partial charge in [-0.25, -0.2) is 4.79 Å². The molecule has 1 aromatic rings. The van der Waals surface area contributed by atoms with E-state index in [4.69, 9.17) is 19.9 Å². The van der Waals surface area contributed by atoms with Crippen molar-refractivity contribution in [2.45, 2.75) is 12.5 Å². The van der Waals surface area contributed by atoms with Crippen LogP contribution in [0.5, 0.6) is 0 Å². The van der Waals surface area contributed by atoms with Gasteiger partial charge in [-0.2, -0.15) is 0 Å². The molecule has 1 heterocycles. The second kappa shape index (κ2) is 7.87. The summed E-state index contributed by atoms with van der Waals surface area (Å²) in [4.78, 5) is 23.4. The number of carbonyl (C=O) groups is 2. The van der Waals surface area contributed by atoms with Gasteiger partial charge < -0.3 is 25.3 Å². The Hall–Kier alpha value is -2.22. The van der Waals surface area contributed by atoms with Crippen molar-refractivity contribution in [2.75, 3.05) is 31.9 Å². The maximum Gasteiger partial charge on any atom is 0.330 e. The number of hydrogen-bond donors (Lipinski definition) is 2. The molecule has 0 spiro atoms. The molecule has 0 saturated carbocycles. The third kappa shape index (κ3) is 4.88. The molecule has 0 bridgehead atoms. The summed E-state index contributed by atoms with van der Waals surface area (Å²) in [5.41, 5.74) is 6.18. The van der Waals surface area contributed by atoms with Crippen LogP contribution in [0.4, 0.5) is 5.69 Å². The van der Waals surface area contributed by atoms with Gasteiger partial charge in [-0.05, 0) is 30.7 Å². The van der Waals surface area contributed by atoms with E-state index in [9.17, 15) is 9.59 Å². The van der Waals surface area contributed by atoms with E-state index in [0.717, 1.165) is 5.56 Å². The fraction of sp³-hybridized carbons (Fsp3) is 0.375. The summed E-state index contributed by atoms with van der Waals surface area (Å²) >= 11 is 0. The molecule has 1 saturated heterocycles. The number of nitrogens with one attached hydrogen (secondary N) is 1. The Kier molecular flexibility index (Phi) is 5.86. The number of amides is 1. The molecular formula is C16H20N2O5. The molecular weight excluding hydrogens is 300 g/mol. The summed E-state index contributed by atoms with van der Waals surface area (Å²) in [7, 11) is 0. The maximum absolute atomic E-state index is 12.2. The van der Waals surface area contributed by atoms with Crippen LogP contribution in [0.3, 0.4) is 0 Å². The van der Waals surface area contributed by atoms with Gasteiger partial charge in [0.2, 0.25) is 5.91 Å². The van der Waals surface area contributed by atoms with Crippen LogP contribution in [-0.4, -0.2) is 44.0 Å². The Bertz CT molecular complexity index is 577. The van der Waals surface area contributed by atoms with E-state index in [-0.39, 0.29) is 25.9 Å². The van der Waals surface area contributed by atoms with Gasteiger partial charge in [0, 0.05) is 11.8 Å². The Labute approximate surface area is 134 Å². The minimum absolute atomic E-state index is 0.110. The van der Waals surface area contributed by atoms with Crippen molar-refractivity contribution >= 4 is 23.6 Å². The maximum atomic E-state index is 12.2. The highest BCUT2D eigenvalue weighted by molar-refractivity contribution is 5.98. The average molecular weight is 320 g/mol. The topological polar surface area (TPSA) is 99.9 Å². The number of ether oxygens (including phenoxy) is 3. The van der Waals surface area contributed by atoms with Crippen molar-refractivity contribution in [2.24, 2.45) is 5.73 Å². The van der Waals surface area contributed by atoms with Gasteiger partial charge in [-0.3, -0.25) is 4.79 Å². The number of hydrogen-bond acceptors (Lipinski definition) is 6. The number of nitrogens with two attached hydrogens (primary N) is 1. The second-order valence-electron chi connectivity index (χ2n) is 5.13. The molecule has 0 atom stereocenters. The Balaban J connectivity index is 1.94. The van der Waals surface area contributed by atoms with Crippen LogP contribution in [0.1, 0.15) is 12.5 Å². The van der Waals surface area contributed by atoms with Crippen LogP contribution in [0.15, 0.2) is 30.3 Å². The summed E-state index contributed by atoms with van der Waals surface area (Å²) in [6.07, 6.45) is 2.99. The van der Waals surface area contributed by atoms with Gasteiger partial charge in [-0.1, -0.05) is 12.1 Å². The lowest BCUT2D eigenvalue weighted by Crippen LogP contribution is -2.60. The Morgan fingerprint density at radius 3 is 2.57 bits per heavy atom. The standard InChI is InChI=1S/C16H20N2O5/c1-2-23-14(19)8-5-12-3-6-13(7-4-12)18-15(20)16(17)9-21-11-22-10-16/h3-8H,2,9-11,17H2,1H3,(H,18,20). The molecule has 124 valence electrons. The zero-order chi connectivity index (χ0) is 16.7. The molecule has 0 aliphatic carbocycles. The van der Waals surface area contributed by atoms with Crippen LogP contribution < -0.4 is 11.1 Å². The molecule has 7 heteroatoms. The Morgan fingerprint density at radius 1 is 1.30 bits per heavy atom. The highest BCUT2D eigenvalue weighted by Crippen LogP contribution is 2.15. The van der Waals surface area contributed by atoms with E-state index in [1.165, 1.54) is 6.08 Å². The lowest BCUT2D eigenvalue weighted by Gasteiger charge is -2.31. The van der Waals surface area contributed by atoms with Crippen LogP contribution in [0.25, 0.3) is 6.08 Å². The number of esters is 1. The largest absolute Gasteiger partial charge is 0.463 e. The second-order valence-corrected chi connectivity index (χ2v) is 5.13. The summed E-state index contributed by atoms with van der Waals surface area (Å²) < 4.78 is 15.0. The highest BCUT2D eigenvalue weighted by Gasteiger charge is 2.37. The van der Waals surface area contributed by atoms with Crippen LogP contribution in [-0.2, 0) is 23.8 Å². The fourth-order valence-electron chi connectivity index (χ4n) is 1.97. The van der Waals surface area contributed by atoms with Crippen molar-refractivity contribution in [1.29, 1.82) is 0 Å². The summed E-state index contributed by atoms with van der Waals surface area (Å²) in [5.74, 6) is -0.765. The molecule has 0 radical (unpaired) electrons. The number of carbonyl (C=O) groups excluding carboxylic acids is 2. The molecule has 23 heavy (non-hydrogen) atoms. The molecule has 0 aromatic heterocycles. The first-order valence-electron chi connectivity index (χ1n) is 7.24. The Morgan fingerprint density at radius 2 is 1.96 bits per heavy atom. The SMILES string of the molecule is CCOC(=O)C=Cc1ccc(NC(=O)C2(N)COCOC2)cc1. The third-order valence-corrected chi connectivity index (χ3v) is 3.21. The summed E-state index contributed by atoms with van der Waals surface area (Å²) in [5, 5.41) is 2.72. The zero-order valence-corrected chi connectivity index (χ0v) is 12.9. The smallest absolute Gasteiger partial charge is 0.330 e. The monoisotopic (exact) mass is 320 g/mol. The highest BCUT2D eigenvalue weighted by atomic mass is 16.7. The van der Waals surface area contributed by atoms with Gasteiger partial charge in [0.1, 0.15) is 12.3 Å². The molecule has 2 rings (SSSR count). The average Bonchev–Trinajstić information content (AvgIpc) is 2.55. The van der Waals surface area contributed by atoms with E-state index >= 15 is 0 Å². The zero-order valence-electron chi connectivity index (χ0n) is 12.9. The minimum atomic E-state index is -1.19. The molecule has 0 unspecified atom stereocenters. The van der Waals surface area contributed by atoms with Gasteiger partial charge in [-0.15, -0.1) is 0 Å². The van der Waals surface area contributed by atoms with E-state index in [1.54, 1.807) is 37.3 Å². The predicted octanol–water partition coefficient (Wildman–Crippen LogP) is 0.903. The van der Waals surface area contributed by atoms with E-state index in [1.807, 2.05) is 0 Å². The van der Waals surface area contributed by atoms with Crippen LogP contribution in [0, 0.1) is 0 Å². The van der Waals surface area contributed by atoms with Crippen molar-refractivity contribution in [3.8, 4) is 0 Å². The molecule has 1 aliphatic rings. The molecule has 1 aromatic carbocycles. The molecule has 3 N–H and O–H groups in total. The normalized spacial score (nSPS) is 17.0. The quantitative estimate of drug-likeness (QED) is 0.618. The van der Waals surface area contributed by atoms with Gasteiger partial charge in [0.15, 0.2) is 0 Å².